The van der Waals surface area contributed by atoms with Crippen LogP contribution in [0.1, 0.15) is 49.7 Å². The van der Waals surface area contributed by atoms with E-state index in [9.17, 15) is 0 Å². The van der Waals surface area contributed by atoms with Crippen LogP contribution in [-0.4, -0.2) is 12.1 Å². The van der Waals surface area contributed by atoms with Gasteiger partial charge in [0, 0.05) is 12.1 Å². The zero-order valence-corrected chi connectivity index (χ0v) is 10.1. The summed E-state index contributed by atoms with van der Waals surface area (Å²) in [7, 11) is 0. The highest BCUT2D eigenvalue weighted by molar-refractivity contribution is 5.27. The van der Waals surface area contributed by atoms with E-state index in [2.05, 4.69) is 36.5 Å². The molecular weight excluding hydrogens is 194 g/mol. The molecular formula is C15H21N. The van der Waals surface area contributed by atoms with Gasteiger partial charge in [-0.2, -0.15) is 0 Å². The molecule has 0 aliphatic carbocycles. The van der Waals surface area contributed by atoms with E-state index in [0.29, 0.717) is 0 Å². The van der Waals surface area contributed by atoms with Crippen LogP contribution < -0.4 is 5.32 Å². The first-order chi connectivity index (χ1) is 7.85. The summed E-state index contributed by atoms with van der Waals surface area (Å²) in [5.41, 5.74) is 3.07. The number of aryl methyl sites for hydroxylation is 1. The quantitative estimate of drug-likeness (QED) is 0.798. The molecule has 0 radical (unpaired) electrons. The van der Waals surface area contributed by atoms with E-state index in [-0.39, 0.29) is 0 Å². The van der Waals surface area contributed by atoms with Gasteiger partial charge in [-0.1, -0.05) is 31.2 Å². The molecule has 2 unspecified atom stereocenters. The Bertz CT molecular complexity index is 359. The number of piperidine rings is 1. The van der Waals surface area contributed by atoms with Gasteiger partial charge >= 0.3 is 0 Å². The minimum absolute atomic E-state index is 0.800. The number of fused-ring (bicyclic) bond motifs is 2. The molecule has 3 rings (SSSR count). The summed E-state index contributed by atoms with van der Waals surface area (Å²) in [6.45, 7) is 2.24. The largest absolute Gasteiger partial charge is 0.311 e. The summed E-state index contributed by atoms with van der Waals surface area (Å²) in [4.78, 5) is 0. The molecule has 2 atom stereocenters. The first-order valence-electron chi connectivity index (χ1n) is 6.70. The smallest absolute Gasteiger partial charge is 0.00760 e. The lowest BCUT2D eigenvalue weighted by molar-refractivity contribution is 0.363. The van der Waals surface area contributed by atoms with Gasteiger partial charge in [0.1, 0.15) is 0 Å². The predicted octanol–water partition coefficient (Wildman–Crippen LogP) is 3.25. The van der Waals surface area contributed by atoms with E-state index in [4.69, 9.17) is 0 Å². The Morgan fingerprint density at radius 1 is 1.19 bits per heavy atom. The number of rotatable bonds is 2. The molecule has 2 fully saturated rings. The minimum atomic E-state index is 0.800. The van der Waals surface area contributed by atoms with Crippen molar-refractivity contribution in [3.05, 3.63) is 35.4 Å². The molecule has 1 aromatic rings. The lowest BCUT2D eigenvalue weighted by atomic mass is 9.85. The molecule has 2 aliphatic rings. The van der Waals surface area contributed by atoms with Crippen LogP contribution in [0.2, 0.25) is 0 Å². The van der Waals surface area contributed by atoms with Crippen LogP contribution in [-0.2, 0) is 6.42 Å². The lowest BCUT2D eigenvalue weighted by Crippen LogP contribution is -2.37. The summed E-state index contributed by atoms with van der Waals surface area (Å²) in [6.07, 6.45) is 6.66. The second-order valence-corrected chi connectivity index (χ2v) is 5.40. The standard InChI is InChI=1S/C15H21N/c1-2-11-4-3-5-12(8-11)13-9-14-6-7-15(10-13)16-14/h3-5,8,13-16H,2,6-7,9-10H2,1H3. The first kappa shape index (κ1) is 10.3. The lowest BCUT2D eigenvalue weighted by Gasteiger charge is -2.29. The molecule has 2 saturated heterocycles. The van der Waals surface area contributed by atoms with Crippen LogP contribution in [0, 0.1) is 0 Å². The fraction of sp³-hybridized carbons (Fsp3) is 0.600. The summed E-state index contributed by atoms with van der Waals surface area (Å²) >= 11 is 0. The number of hydrogen-bond acceptors (Lipinski definition) is 1. The fourth-order valence-corrected chi connectivity index (χ4v) is 3.40. The second kappa shape index (κ2) is 4.21. The van der Waals surface area contributed by atoms with Crippen molar-refractivity contribution in [2.45, 2.75) is 57.0 Å². The highest BCUT2D eigenvalue weighted by atomic mass is 15.0. The molecule has 1 nitrogen and oxygen atoms in total. The first-order valence-corrected chi connectivity index (χ1v) is 6.70. The Balaban J connectivity index is 1.81. The van der Waals surface area contributed by atoms with Gasteiger partial charge in [0.2, 0.25) is 0 Å². The van der Waals surface area contributed by atoms with Crippen LogP contribution in [0.3, 0.4) is 0 Å². The van der Waals surface area contributed by atoms with E-state index in [1.54, 1.807) is 5.56 Å². The zero-order valence-electron chi connectivity index (χ0n) is 10.1. The maximum Gasteiger partial charge on any atom is 0.00760 e. The molecule has 86 valence electrons. The number of benzene rings is 1. The molecule has 0 amide bonds. The van der Waals surface area contributed by atoms with Crippen LogP contribution in [0.25, 0.3) is 0 Å². The third-order valence-corrected chi connectivity index (χ3v) is 4.30. The molecule has 0 saturated carbocycles. The Kier molecular flexibility index (Phi) is 2.72. The van der Waals surface area contributed by atoms with Crippen molar-refractivity contribution in [2.24, 2.45) is 0 Å². The van der Waals surface area contributed by atoms with Gasteiger partial charge in [0.15, 0.2) is 0 Å². The summed E-state index contributed by atoms with van der Waals surface area (Å²) in [6, 6.07) is 10.8. The van der Waals surface area contributed by atoms with Gasteiger partial charge in [-0.15, -0.1) is 0 Å². The summed E-state index contributed by atoms with van der Waals surface area (Å²) in [5, 5.41) is 3.72. The molecule has 0 aromatic heterocycles. The van der Waals surface area contributed by atoms with Gasteiger partial charge in [0.25, 0.3) is 0 Å². The molecule has 1 aromatic carbocycles. The van der Waals surface area contributed by atoms with Gasteiger partial charge in [-0.3, -0.25) is 0 Å². The van der Waals surface area contributed by atoms with Crippen LogP contribution in [0.4, 0.5) is 0 Å². The molecule has 2 heterocycles. The predicted molar refractivity (Wildman–Crippen MR) is 67.7 cm³/mol. The van der Waals surface area contributed by atoms with Crippen LogP contribution in [0.5, 0.6) is 0 Å². The van der Waals surface area contributed by atoms with E-state index in [1.807, 2.05) is 0 Å². The van der Waals surface area contributed by atoms with Gasteiger partial charge < -0.3 is 5.32 Å². The topological polar surface area (TPSA) is 12.0 Å². The molecule has 1 heteroatoms. The molecule has 2 aliphatic heterocycles. The van der Waals surface area contributed by atoms with Gasteiger partial charge in [-0.05, 0) is 49.1 Å². The van der Waals surface area contributed by atoms with Crippen molar-refractivity contribution in [2.75, 3.05) is 0 Å². The SMILES string of the molecule is CCc1cccc(C2CC3CCC(C2)N3)c1. The normalized spacial score (nSPS) is 32.9. The van der Waals surface area contributed by atoms with Crippen LogP contribution in [0.15, 0.2) is 24.3 Å². The Morgan fingerprint density at radius 3 is 2.62 bits per heavy atom. The van der Waals surface area contributed by atoms with Gasteiger partial charge in [0.05, 0.1) is 0 Å². The van der Waals surface area contributed by atoms with E-state index in [0.717, 1.165) is 24.4 Å². The average molecular weight is 215 g/mol. The highest BCUT2D eigenvalue weighted by Gasteiger charge is 2.33. The van der Waals surface area contributed by atoms with Crippen molar-refractivity contribution < 1.29 is 0 Å². The van der Waals surface area contributed by atoms with Crippen LogP contribution >= 0.6 is 0 Å². The third kappa shape index (κ3) is 1.89. The molecule has 1 N–H and O–H groups in total. The average Bonchev–Trinajstić information content (AvgIpc) is 2.68. The van der Waals surface area contributed by atoms with Crippen molar-refractivity contribution in [3.8, 4) is 0 Å². The molecule has 2 bridgehead atoms. The van der Waals surface area contributed by atoms with E-state index < -0.39 is 0 Å². The molecule has 0 spiro atoms. The third-order valence-electron chi connectivity index (χ3n) is 4.30. The zero-order chi connectivity index (χ0) is 11.0. The summed E-state index contributed by atoms with van der Waals surface area (Å²) < 4.78 is 0. The molecule has 16 heavy (non-hydrogen) atoms. The van der Waals surface area contributed by atoms with Crippen molar-refractivity contribution in [1.29, 1.82) is 0 Å². The second-order valence-electron chi connectivity index (χ2n) is 5.40. The van der Waals surface area contributed by atoms with E-state index in [1.165, 1.54) is 31.2 Å². The number of hydrogen-bond donors (Lipinski definition) is 1. The fourth-order valence-electron chi connectivity index (χ4n) is 3.40. The van der Waals surface area contributed by atoms with Crippen molar-refractivity contribution in [1.82, 2.24) is 5.32 Å². The maximum atomic E-state index is 3.72. The number of nitrogens with one attached hydrogen (secondary N) is 1. The van der Waals surface area contributed by atoms with Gasteiger partial charge in [-0.25, -0.2) is 0 Å². The minimum Gasteiger partial charge on any atom is -0.311 e. The Hall–Kier alpha value is -0.820. The Morgan fingerprint density at radius 2 is 1.94 bits per heavy atom. The van der Waals surface area contributed by atoms with Crippen molar-refractivity contribution in [3.63, 3.8) is 0 Å². The monoisotopic (exact) mass is 215 g/mol. The highest BCUT2D eigenvalue weighted by Crippen LogP contribution is 2.37. The van der Waals surface area contributed by atoms with E-state index >= 15 is 0 Å². The Labute approximate surface area is 98.3 Å². The van der Waals surface area contributed by atoms with Crippen molar-refractivity contribution >= 4 is 0 Å². The summed E-state index contributed by atoms with van der Waals surface area (Å²) in [5.74, 6) is 0.810. The maximum absolute atomic E-state index is 3.72.